The van der Waals surface area contributed by atoms with E-state index in [9.17, 15) is 24.3 Å². The molecule has 1 aliphatic heterocycles. The van der Waals surface area contributed by atoms with E-state index in [1.54, 1.807) is 32.1 Å². The lowest BCUT2D eigenvalue weighted by molar-refractivity contribution is -0.120. The Hall–Kier alpha value is -3.58. The van der Waals surface area contributed by atoms with Crippen LogP contribution >= 0.6 is 0 Å². The van der Waals surface area contributed by atoms with Gasteiger partial charge in [-0.3, -0.25) is 14.4 Å². The zero-order valence-corrected chi connectivity index (χ0v) is 26.6. The van der Waals surface area contributed by atoms with Gasteiger partial charge in [0, 0.05) is 43.9 Å². The number of methoxy groups -OCH3 is 2. The third-order valence-corrected chi connectivity index (χ3v) is 7.73. The molecule has 0 aromatic rings. The number of allylic oxidation sites excluding steroid dienone is 4. The molecule has 0 spiro atoms. The summed E-state index contributed by atoms with van der Waals surface area (Å²) in [5, 5.41) is 17.0. The number of nitrogens with two attached hydrogens (primary N) is 2. The number of aliphatic hydroxyl groups excluding tert-OH is 1. The number of hydrogen-bond acceptors (Lipinski definition) is 10. The highest BCUT2D eigenvalue weighted by molar-refractivity contribution is 6.23. The van der Waals surface area contributed by atoms with Gasteiger partial charge in [-0.2, -0.15) is 0 Å². The number of Topliss-reactive ketones (excluding diaryl/α,β-unsaturated/α-hetero) is 1. The standard InChI is InChI=1S/C32H48N4O8/c1-18-14-22-27(35-13-8-7-12-33)24(37)17-23(29(22)39)36-31(40)19(2)10-9-11-25(42-5)30(44-32(34)41)21(4)16-20(3)28(38)26(15-18)43-6/h9-11,16-18,20,25-26,28,30,35,38H,7-8,12-15,33H2,1-6H3,(H2,34,41)(H,36,40)/b11-9-,19-10+,21-16+/t18-,20+,25?,26+,28-,30+/m1/s1. The number of unbranched alkanes of at least 4 members (excludes halogenated alkanes) is 1. The summed E-state index contributed by atoms with van der Waals surface area (Å²) in [7, 11) is 2.93. The van der Waals surface area contributed by atoms with Crippen molar-refractivity contribution in [1.82, 2.24) is 10.6 Å². The lowest BCUT2D eigenvalue weighted by atomic mass is 9.85. The largest absolute Gasteiger partial charge is 0.439 e. The van der Waals surface area contributed by atoms with E-state index in [1.807, 2.05) is 13.8 Å². The SMILES string of the molecule is COC1/C=C\C=C(/C)C(=O)NC2=CC(=O)C(NCCCCN)=C(C[C@@H](C)C[C@H](OC)[C@H](O)[C@@H](C)/C=C(\C)[C@@H]1OC(N)=O)C2=O. The molecule has 2 rings (SSSR count). The minimum absolute atomic E-state index is 0.120. The molecule has 12 nitrogen and oxygen atoms in total. The number of ketones is 2. The van der Waals surface area contributed by atoms with Gasteiger partial charge in [0.05, 0.1) is 23.6 Å². The van der Waals surface area contributed by atoms with Gasteiger partial charge in [-0.15, -0.1) is 0 Å². The van der Waals surface area contributed by atoms with Gasteiger partial charge in [0.1, 0.15) is 6.10 Å². The third kappa shape index (κ3) is 10.3. The maximum absolute atomic E-state index is 13.7. The molecule has 2 bridgehead atoms. The summed E-state index contributed by atoms with van der Waals surface area (Å²) in [6, 6.07) is 0. The van der Waals surface area contributed by atoms with Gasteiger partial charge in [0.25, 0.3) is 5.91 Å². The summed E-state index contributed by atoms with van der Waals surface area (Å²) in [5.41, 5.74) is 12.1. The quantitative estimate of drug-likeness (QED) is 0.153. The van der Waals surface area contributed by atoms with Gasteiger partial charge in [0.2, 0.25) is 11.6 Å². The first-order chi connectivity index (χ1) is 20.8. The zero-order chi connectivity index (χ0) is 33.0. The first-order valence-electron chi connectivity index (χ1n) is 14.9. The van der Waals surface area contributed by atoms with Crippen molar-refractivity contribution in [3.8, 4) is 0 Å². The minimum Gasteiger partial charge on any atom is -0.439 e. The number of nitrogens with one attached hydrogen (secondary N) is 2. The van der Waals surface area contributed by atoms with Crippen molar-refractivity contribution in [2.75, 3.05) is 27.3 Å². The van der Waals surface area contributed by atoms with E-state index in [1.165, 1.54) is 20.3 Å². The van der Waals surface area contributed by atoms with E-state index in [4.69, 9.17) is 25.7 Å². The molecule has 0 saturated carbocycles. The Morgan fingerprint density at radius 1 is 1.14 bits per heavy atom. The van der Waals surface area contributed by atoms with E-state index in [2.05, 4.69) is 10.6 Å². The first-order valence-corrected chi connectivity index (χ1v) is 14.9. The molecule has 244 valence electrons. The maximum Gasteiger partial charge on any atom is 0.405 e. The van der Waals surface area contributed by atoms with Crippen LogP contribution in [0.5, 0.6) is 0 Å². The smallest absolute Gasteiger partial charge is 0.405 e. The van der Waals surface area contributed by atoms with Crippen LogP contribution in [0.4, 0.5) is 4.79 Å². The lowest BCUT2D eigenvalue weighted by Crippen LogP contribution is -2.38. The molecule has 44 heavy (non-hydrogen) atoms. The number of rotatable bonds is 8. The molecule has 0 radical (unpaired) electrons. The van der Waals surface area contributed by atoms with Gasteiger partial charge in [0.15, 0.2) is 6.10 Å². The van der Waals surface area contributed by atoms with E-state index >= 15 is 0 Å². The number of primary amides is 1. The van der Waals surface area contributed by atoms with Crippen molar-refractivity contribution in [2.24, 2.45) is 23.3 Å². The Morgan fingerprint density at radius 3 is 2.45 bits per heavy atom. The van der Waals surface area contributed by atoms with Gasteiger partial charge in [-0.1, -0.05) is 38.2 Å². The van der Waals surface area contributed by atoms with Crippen LogP contribution in [0, 0.1) is 11.8 Å². The summed E-state index contributed by atoms with van der Waals surface area (Å²) in [4.78, 5) is 51.7. The molecular weight excluding hydrogens is 568 g/mol. The second-order valence-corrected chi connectivity index (χ2v) is 11.4. The third-order valence-electron chi connectivity index (χ3n) is 7.73. The molecule has 1 heterocycles. The van der Waals surface area contributed by atoms with E-state index in [-0.39, 0.29) is 34.9 Å². The molecule has 2 amide bonds. The Labute approximate surface area is 259 Å². The number of ether oxygens (including phenoxy) is 3. The monoisotopic (exact) mass is 616 g/mol. The zero-order valence-electron chi connectivity index (χ0n) is 26.6. The normalized spacial score (nSPS) is 30.8. The Kier molecular flexibility index (Phi) is 14.7. The Morgan fingerprint density at radius 2 is 1.84 bits per heavy atom. The second kappa shape index (κ2) is 17.6. The van der Waals surface area contributed by atoms with Crippen molar-refractivity contribution < 1.29 is 38.5 Å². The highest BCUT2D eigenvalue weighted by atomic mass is 16.6. The fraction of sp³-hybridized carbons (Fsp3) is 0.562. The fourth-order valence-electron chi connectivity index (χ4n) is 5.26. The number of amides is 2. The topological polar surface area (TPSA) is 192 Å². The van der Waals surface area contributed by atoms with Crippen molar-refractivity contribution in [2.45, 2.75) is 77.8 Å². The van der Waals surface area contributed by atoms with Crippen LogP contribution in [0.25, 0.3) is 0 Å². The van der Waals surface area contributed by atoms with E-state index in [0.717, 1.165) is 12.5 Å². The number of fused-ring (bicyclic) bond motifs is 2. The molecule has 0 saturated heterocycles. The van der Waals surface area contributed by atoms with Crippen LogP contribution in [-0.2, 0) is 28.6 Å². The summed E-state index contributed by atoms with van der Waals surface area (Å²) in [6.45, 7) is 7.97. The fourth-order valence-corrected chi connectivity index (χ4v) is 5.26. The highest BCUT2D eigenvalue weighted by Gasteiger charge is 2.33. The van der Waals surface area contributed by atoms with Crippen molar-refractivity contribution in [3.05, 3.63) is 58.5 Å². The average Bonchev–Trinajstić information content (AvgIpc) is 2.97. The van der Waals surface area contributed by atoms with E-state index < -0.39 is 53.9 Å². The average molecular weight is 617 g/mol. The summed E-state index contributed by atoms with van der Waals surface area (Å²) in [6.07, 6.45) is 5.31. The van der Waals surface area contributed by atoms with Crippen molar-refractivity contribution in [1.29, 1.82) is 0 Å². The number of aliphatic hydroxyl groups is 1. The summed E-state index contributed by atoms with van der Waals surface area (Å²) in [5.74, 6) is -2.09. The van der Waals surface area contributed by atoms with Crippen LogP contribution < -0.4 is 22.1 Å². The predicted octanol–water partition coefficient (Wildman–Crippen LogP) is 2.09. The molecule has 0 aromatic carbocycles. The van der Waals surface area contributed by atoms with Crippen molar-refractivity contribution >= 4 is 23.6 Å². The highest BCUT2D eigenvalue weighted by Crippen LogP contribution is 2.29. The molecule has 0 aromatic heterocycles. The maximum atomic E-state index is 13.7. The molecule has 6 atom stereocenters. The molecular formula is C32H48N4O8. The Bertz CT molecular complexity index is 1220. The van der Waals surface area contributed by atoms with Gasteiger partial charge >= 0.3 is 6.09 Å². The molecule has 2 aliphatic rings. The number of carbonyl (C=O) groups is 4. The van der Waals surface area contributed by atoms with Crippen LogP contribution in [0.3, 0.4) is 0 Å². The summed E-state index contributed by atoms with van der Waals surface area (Å²) < 4.78 is 16.6. The van der Waals surface area contributed by atoms with Gasteiger partial charge in [-0.05, 0) is 57.6 Å². The molecule has 7 N–H and O–H groups in total. The molecule has 0 fully saturated rings. The van der Waals surface area contributed by atoms with Gasteiger partial charge < -0.3 is 41.4 Å². The van der Waals surface area contributed by atoms with E-state index in [0.29, 0.717) is 31.5 Å². The first kappa shape index (κ1) is 36.6. The van der Waals surface area contributed by atoms with Gasteiger partial charge in [-0.25, -0.2) is 4.79 Å². The second-order valence-electron chi connectivity index (χ2n) is 11.4. The van der Waals surface area contributed by atoms with Crippen LogP contribution in [0.1, 0.15) is 53.4 Å². The Balaban J connectivity index is 2.59. The molecule has 1 unspecified atom stereocenters. The predicted molar refractivity (Wildman–Crippen MR) is 166 cm³/mol. The molecule has 1 aliphatic carbocycles. The number of hydrogen-bond donors (Lipinski definition) is 5. The summed E-state index contributed by atoms with van der Waals surface area (Å²) >= 11 is 0. The van der Waals surface area contributed by atoms with Crippen LogP contribution in [0.15, 0.2) is 58.5 Å². The minimum atomic E-state index is -0.999. The lowest BCUT2D eigenvalue weighted by Gasteiger charge is -2.30. The molecule has 12 heteroatoms. The van der Waals surface area contributed by atoms with Crippen molar-refractivity contribution in [3.63, 3.8) is 0 Å². The van der Waals surface area contributed by atoms with Crippen LogP contribution in [0.2, 0.25) is 0 Å². The number of carbonyl (C=O) groups excluding carboxylic acids is 4. The van der Waals surface area contributed by atoms with Crippen LogP contribution in [-0.4, -0.2) is 80.4 Å².